The van der Waals surface area contributed by atoms with Crippen molar-refractivity contribution in [2.24, 2.45) is 5.92 Å². The number of hydrogen-bond donors (Lipinski definition) is 2. The molecular formula is C20H21F4N5O. The summed E-state index contributed by atoms with van der Waals surface area (Å²) >= 11 is 0. The molecule has 1 fully saturated rings. The predicted octanol–water partition coefficient (Wildman–Crippen LogP) is 3.31. The van der Waals surface area contributed by atoms with Gasteiger partial charge >= 0.3 is 6.18 Å². The van der Waals surface area contributed by atoms with E-state index in [1.807, 2.05) is 11.8 Å². The molecule has 4 rings (SSSR count). The van der Waals surface area contributed by atoms with Gasteiger partial charge in [0.25, 0.3) is 0 Å². The van der Waals surface area contributed by atoms with E-state index in [9.17, 15) is 22.4 Å². The molecule has 2 N–H and O–H groups in total. The Morgan fingerprint density at radius 3 is 2.70 bits per heavy atom. The van der Waals surface area contributed by atoms with Gasteiger partial charge in [-0.15, -0.1) is 0 Å². The molecule has 0 aromatic carbocycles. The van der Waals surface area contributed by atoms with Crippen LogP contribution in [0.1, 0.15) is 25.3 Å². The number of carbonyl (C=O) groups is 1. The van der Waals surface area contributed by atoms with Crippen LogP contribution in [-0.4, -0.2) is 47.7 Å². The van der Waals surface area contributed by atoms with E-state index in [2.05, 4.69) is 20.6 Å². The van der Waals surface area contributed by atoms with Crippen LogP contribution in [0.15, 0.2) is 24.4 Å². The van der Waals surface area contributed by atoms with Crippen LogP contribution in [0.2, 0.25) is 0 Å². The summed E-state index contributed by atoms with van der Waals surface area (Å²) in [6, 6.07) is 3.94. The number of rotatable bonds is 2. The second-order valence-corrected chi connectivity index (χ2v) is 7.75. The molecule has 2 aromatic heterocycles. The summed E-state index contributed by atoms with van der Waals surface area (Å²) in [5.41, 5.74) is 0.000344. The molecule has 160 valence electrons. The van der Waals surface area contributed by atoms with Crippen LogP contribution in [0.3, 0.4) is 0 Å². The summed E-state index contributed by atoms with van der Waals surface area (Å²) in [6.45, 7) is 5.11. The van der Waals surface area contributed by atoms with Crippen LogP contribution in [0.5, 0.6) is 0 Å². The Morgan fingerprint density at radius 2 is 2.00 bits per heavy atom. The lowest BCUT2D eigenvalue weighted by Crippen LogP contribution is -2.49. The quantitative estimate of drug-likeness (QED) is 0.726. The van der Waals surface area contributed by atoms with Crippen molar-refractivity contribution in [1.29, 1.82) is 0 Å². The highest BCUT2D eigenvalue weighted by atomic mass is 19.4. The van der Waals surface area contributed by atoms with Crippen molar-refractivity contribution in [1.82, 2.24) is 15.3 Å². The summed E-state index contributed by atoms with van der Waals surface area (Å²) in [5.74, 6) is -4.55. The maximum Gasteiger partial charge on any atom is 0.396 e. The van der Waals surface area contributed by atoms with Gasteiger partial charge in [0.2, 0.25) is 5.91 Å². The minimum Gasteiger partial charge on any atom is -0.354 e. The third-order valence-corrected chi connectivity index (χ3v) is 5.55. The lowest BCUT2D eigenvalue weighted by atomic mass is 9.80. The van der Waals surface area contributed by atoms with Gasteiger partial charge in [-0.05, 0) is 13.0 Å². The average Bonchev–Trinajstić information content (AvgIpc) is 2.67. The van der Waals surface area contributed by atoms with Gasteiger partial charge < -0.3 is 15.5 Å². The predicted molar refractivity (Wildman–Crippen MR) is 104 cm³/mol. The number of alkyl halides is 3. The third-order valence-electron chi connectivity index (χ3n) is 5.55. The van der Waals surface area contributed by atoms with Crippen molar-refractivity contribution in [3.8, 4) is 11.3 Å². The lowest BCUT2D eigenvalue weighted by Gasteiger charge is -2.34. The minimum absolute atomic E-state index is 0.0763. The van der Waals surface area contributed by atoms with Crippen LogP contribution >= 0.6 is 0 Å². The summed E-state index contributed by atoms with van der Waals surface area (Å²) in [4.78, 5) is 22.4. The van der Waals surface area contributed by atoms with Gasteiger partial charge in [-0.25, -0.2) is 14.4 Å². The Labute approximate surface area is 170 Å². The fourth-order valence-electron chi connectivity index (χ4n) is 4.11. The molecule has 3 unspecified atom stereocenters. The SMILES string of the molecule is CC1CN(c2cc(F)cc(-c3ccnc4c3C(C(F)(F)F)C(C)C(=O)N4)n2)CCN1. The van der Waals surface area contributed by atoms with E-state index in [0.29, 0.717) is 25.5 Å². The first kappa shape index (κ1) is 20.5. The monoisotopic (exact) mass is 423 g/mol. The Hall–Kier alpha value is -2.75. The summed E-state index contributed by atoms with van der Waals surface area (Å²) in [5, 5.41) is 5.71. The zero-order valence-corrected chi connectivity index (χ0v) is 16.4. The Bertz CT molecular complexity index is 980. The minimum atomic E-state index is -4.67. The van der Waals surface area contributed by atoms with E-state index in [0.717, 1.165) is 6.07 Å². The largest absolute Gasteiger partial charge is 0.396 e. The molecule has 2 aliphatic heterocycles. The normalized spacial score (nSPS) is 24.4. The molecule has 2 aliphatic rings. The number of nitrogens with zero attached hydrogens (tertiary/aromatic N) is 3. The number of pyridine rings is 2. The van der Waals surface area contributed by atoms with Crippen molar-refractivity contribution >= 4 is 17.5 Å². The van der Waals surface area contributed by atoms with Crippen LogP contribution in [0.25, 0.3) is 11.3 Å². The van der Waals surface area contributed by atoms with Gasteiger partial charge in [-0.2, -0.15) is 13.2 Å². The van der Waals surface area contributed by atoms with Gasteiger partial charge in [0, 0.05) is 55.1 Å². The highest BCUT2D eigenvalue weighted by molar-refractivity contribution is 5.97. The molecule has 3 atom stereocenters. The number of nitrogens with one attached hydrogen (secondary N) is 2. The molecule has 0 bridgehead atoms. The van der Waals surface area contributed by atoms with Crippen molar-refractivity contribution < 1.29 is 22.4 Å². The van der Waals surface area contributed by atoms with E-state index in [4.69, 9.17) is 0 Å². The lowest BCUT2D eigenvalue weighted by molar-refractivity contribution is -0.166. The first-order chi connectivity index (χ1) is 14.1. The zero-order valence-electron chi connectivity index (χ0n) is 16.4. The van der Waals surface area contributed by atoms with Crippen molar-refractivity contribution in [3.63, 3.8) is 0 Å². The summed E-state index contributed by atoms with van der Waals surface area (Å²) < 4.78 is 56.2. The van der Waals surface area contributed by atoms with E-state index in [-0.39, 0.29) is 28.7 Å². The van der Waals surface area contributed by atoms with Gasteiger partial charge in [0.05, 0.1) is 17.5 Å². The first-order valence-corrected chi connectivity index (χ1v) is 9.68. The molecule has 1 saturated heterocycles. The molecule has 0 spiro atoms. The molecule has 2 aromatic rings. The van der Waals surface area contributed by atoms with Crippen molar-refractivity contribution in [2.75, 3.05) is 29.9 Å². The number of halogens is 4. The number of carbonyl (C=O) groups excluding carboxylic acids is 1. The van der Waals surface area contributed by atoms with Crippen LogP contribution in [-0.2, 0) is 4.79 Å². The van der Waals surface area contributed by atoms with Crippen LogP contribution in [0, 0.1) is 11.7 Å². The second kappa shape index (κ2) is 7.50. The second-order valence-electron chi connectivity index (χ2n) is 7.75. The van der Waals surface area contributed by atoms with E-state index < -0.39 is 29.7 Å². The van der Waals surface area contributed by atoms with E-state index in [1.165, 1.54) is 25.3 Å². The molecule has 4 heterocycles. The van der Waals surface area contributed by atoms with Gasteiger partial charge in [-0.1, -0.05) is 6.92 Å². The Morgan fingerprint density at radius 1 is 1.23 bits per heavy atom. The number of aromatic nitrogens is 2. The molecule has 0 aliphatic carbocycles. The zero-order chi connectivity index (χ0) is 21.6. The Kier molecular flexibility index (Phi) is 5.13. The average molecular weight is 423 g/mol. The van der Waals surface area contributed by atoms with Crippen LogP contribution in [0.4, 0.5) is 29.2 Å². The smallest absolute Gasteiger partial charge is 0.354 e. The van der Waals surface area contributed by atoms with Gasteiger partial charge in [0.15, 0.2) is 0 Å². The molecule has 0 saturated carbocycles. The number of hydrogen-bond acceptors (Lipinski definition) is 5. The fourth-order valence-corrected chi connectivity index (χ4v) is 4.11. The van der Waals surface area contributed by atoms with Crippen molar-refractivity contribution in [2.45, 2.75) is 32.0 Å². The summed E-state index contributed by atoms with van der Waals surface area (Å²) in [6.07, 6.45) is -3.38. The van der Waals surface area contributed by atoms with E-state index >= 15 is 0 Å². The van der Waals surface area contributed by atoms with Gasteiger partial charge in [-0.3, -0.25) is 4.79 Å². The molecule has 30 heavy (non-hydrogen) atoms. The third kappa shape index (κ3) is 3.71. The number of piperazine rings is 1. The maximum atomic E-state index is 14.5. The number of fused-ring (bicyclic) bond motifs is 1. The molecular weight excluding hydrogens is 402 g/mol. The fraction of sp³-hybridized carbons (Fsp3) is 0.450. The van der Waals surface area contributed by atoms with Gasteiger partial charge in [0.1, 0.15) is 17.5 Å². The highest BCUT2D eigenvalue weighted by Crippen LogP contribution is 2.48. The maximum absolute atomic E-state index is 14.5. The van der Waals surface area contributed by atoms with Crippen LogP contribution < -0.4 is 15.5 Å². The highest BCUT2D eigenvalue weighted by Gasteiger charge is 2.51. The number of amides is 1. The molecule has 10 heteroatoms. The standard InChI is InChI=1S/C20H21F4N5O/c1-10-9-29(6-5-25-10)15-8-12(21)7-14(27-15)13-3-4-26-18-16(13)17(20(22,23)24)11(2)19(30)28-18/h3-4,7-8,10-11,17,25H,5-6,9H2,1-2H3,(H,26,28,30). The van der Waals surface area contributed by atoms with Crippen molar-refractivity contribution in [3.05, 3.63) is 35.8 Å². The topological polar surface area (TPSA) is 70.2 Å². The Balaban J connectivity index is 1.85. The van der Waals surface area contributed by atoms with E-state index in [1.54, 1.807) is 0 Å². The molecule has 1 amide bonds. The first-order valence-electron chi connectivity index (χ1n) is 9.68. The molecule has 0 radical (unpaired) electrons. The number of anilines is 2. The molecule has 6 nitrogen and oxygen atoms in total. The summed E-state index contributed by atoms with van der Waals surface area (Å²) in [7, 11) is 0.